The van der Waals surface area contributed by atoms with Gasteiger partial charge in [0.15, 0.2) is 6.10 Å². The van der Waals surface area contributed by atoms with Gasteiger partial charge in [-0.2, -0.15) is 0 Å². The van der Waals surface area contributed by atoms with E-state index in [1.807, 2.05) is 49.5 Å². The van der Waals surface area contributed by atoms with Gasteiger partial charge in [-0.1, -0.05) is 143 Å². The van der Waals surface area contributed by atoms with Gasteiger partial charge < -0.3 is 35.4 Å². The lowest BCUT2D eigenvalue weighted by molar-refractivity contribution is -0.161. The standard InChI is InChI=1S/C46H74NO12P/c1-3-5-7-8-9-10-11-12-13-14-15-16-20-23-29-35-44(50)56-37-42(38-57-60(54,55)58-39-43(47)46(52)53)59-45(51)36-30-24-28-34-41(49)33-27-22-19-17-18-21-26-32-40(48)31-25-6-4-2/h6,9-10,12-13,18-19,21-22,25-28,32-34,40-43,48-49H,3-5,7-8,11,14-17,20,23-24,29-31,35-39,47H2,1-2H3,(H,52,53)(H,54,55)/b10-9-,13-12-,21-18-,22-19-,25-6-,32-26+,33-27+,34-28-/t40-,41-,42+,43-/m0/s1. The second-order valence-corrected chi connectivity index (χ2v) is 15.6. The third kappa shape index (κ3) is 38.5. The fourth-order valence-electron chi connectivity index (χ4n) is 5.07. The minimum Gasteiger partial charge on any atom is -0.480 e. The number of hydrogen-bond acceptors (Lipinski definition) is 11. The van der Waals surface area contributed by atoms with Crippen molar-refractivity contribution < 1.29 is 57.7 Å². The molecule has 0 aromatic carbocycles. The van der Waals surface area contributed by atoms with Crippen LogP contribution in [-0.4, -0.2) is 82.3 Å². The van der Waals surface area contributed by atoms with Gasteiger partial charge in [0.25, 0.3) is 0 Å². The molecule has 0 radical (unpaired) electrons. The van der Waals surface area contributed by atoms with Gasteiger partial charge >= 0.3 is 25.7 Å². The molecule has 6 N–H and O–H groups in total. The highest BCUT2D eigenvalue weighted by Crippen LogP contribution is 2.43. The van der Waals surface area contributed by atoms with Crippen LogP contribution in [0.25, 0.3) is 0 Å². The lowest BCUT2D eigenvalue weighted by atomic mass is 10.1. The quantitative estimate of drug-likeness (QED) is 0.0129. The number of unbranched alkanes of at least 4 members (excludes halogenated alkanes) is 9. The maximum Gasteiger partial charge on any atom is 0.472 e. The number of carbonyl (C=O) groups is 3. The van der Waals surface area contributed by atoms with Crippen LogP contribution in [0, 0.1) is 0 Å². The Morgan fingerprint density at radius 1 is 0.633 bits per heavy atom. The number of allylic oxidation sites excluding steroid dienone is 12. The molecule has 0 aliphatic carbocycles. The second-order valence-electron chi connectivity index (χ2n) is 14.1. The van der Waals surface area contributed by atoms with Crippen molar-refractivity contribution in [2.75, 3.05) is 19.8 Å². The SMILES string of the molecule is CC/C=C\C[C@H](O)/C=C/C=C\C/C=C\C=C\[C@H](O)/C=C\CCCC(=O)O[C@H](COC(=O)CCCCCCC/C=C\C/C=C\CCCCC)COP(=O)(O)OC[C@H](N)C(=O)O. The molecule has 13 nitrogen and oxygen atoms in total. The molecule has 340 valence electrons. The number of hydrogen-bond donors (Lipinski definition) is 5. The lowest BCUT2D eigenvalue weighted by Crippen LogP contribution is -2.34. The summed E-state index contributed by atoms with van der Waals surface area (Å²) in [5.41, 5.74) is 5.31. The predicted octanol–water partition coefficient (Wildman–Crippen LogP) is 9.22. The van der Waals surface area contributed by atoms with Crippen LogP contribution in [0.3, 0.4) is 0 Å². The first-order valence-electron chi connectivity index (χ1n) is 21.5. The summed E-state index contributed by atoms with van der Waals surface area (Å²) in [5, 5.41) is 28.9. The van der Waals surface area contributed by atoms with Crippen molar-refractivity contribution in [1.29, 1.82) is 0 Å². The van der Waals surface area contributed by atoms with Gasteiger partial charge in [0.05, 0.1) is 25.4 Å². The summed E-state index contributed by atoms with van der Waals surface area (Å²) < 4.78 is 32.5. The van der Waals surface area contributed by atoms with Crippen molar-refractivity contribution in [3.8, 4) is 0 Å². The van der Waals surface area contributed by atoms with Gasteiger partial charge in [0.1, 0.15) is 12.6 Å². The van der Waals surface area contributed by atoms with Crippen LogP contribution in [0.5, 0.6) is 0 Å². The van der Waals surface area contributed by atoms with Crippen molar-refractivity contribution in [2.45, 2.75) is 154 Å². The first-order chi connectivity index (χ1) is 28.9. The number of carboxylic acid groups (broad SMARTS) is 1. The predicted molar refractivity (Wildman–Crippen MR) is 238 cm³/mol. The van der Waals surface area contributed by atoms with Crippen molar-refractivity contribution in [3.05, 3.63) is 97.2 Å². The Hall–Kier alpha value is -3.68. The Labute approximate surface area is 359 Å². The molecule has 0 aliphatic heterocycles. The number of aliphatic hydroxyl groups excluding tert-OH is 2. The zero-order valence-electron chi connectivity index (χ0n) is 36.0. The van der Waals surface area contributed by atoms with Crippen LogP contribution in [0.1, 0.15) is 129 Å². The van der Waals surface area contributed by atoms with E-state index >= 15 is 0 Å². The molecule has 0 bridgehead atoms. The monoisotopic (exact) mass is 863 g/mol. The van der Waals surface area contributed by atoms with Crippen molar-refractivity contribution >= 4 is 25.7 Å². The third-order valence-corrected chi connectivity index (χ3v) is 9.44. The average Bonchev–Trinajstić information content (AvgIpc) is 3.21. The van der Waals surface area contributed by atoms with E-state index in [0.29, 0.717) is 32.1 Å². The maximum absolute atomic E-state index is 12.6. The molecule has 0 rings (SSSR count). The van der Waals surface area contributed by atoms with E-state index in [1.165, 1.54) is 19.3 Å². The highest BCUT2D eigenvalue weighted by molar-refractivity contribution is 7.47. The van der Waals surface area contributed by atoms with E-state index in [2.05, 4.69) is 35.8 Å². The molecule has 0 aliphatic rings. The van der Waals surface area contributed by atoms with Gasteiger partial charge in [0.2, 0.25) is 0 Å². The molecule has 0 heterocycles. The van der Waals surface area contributed by atoms with E-state index in [9.17, 15) is 34.1 Å². The molecule has 0 fully saturated rings. The van der Waals surface area contributed by atoms with E-state index < -0.39 is 69.9 Å². The molecule has 14 heteroatoms. The van der Waals surface area contributed by atoms with Crippen molar-refractivity contribution in [2.24, 2.45) is 5.73 Å². The number of esters is 2. The Kier molecular flexibility index (Phi) is 37.0. The minimum absolute atomic E-state index is 0.0340. The van der Waals surface area contributed by atoms with E-state index in [1.54, 1.807) is 30.4 Å². The van der Waals surface area contributed by atoms with E-state index in [-0.39, 0.29) is 12.8 Å². The fraction of sp³-hybridized carbons (Fsp3) is 0.587. The molecule has 0 saturated carbocycles. The van der Waals surface area contributed by atoms with Crippen LogP contribution in [-0.2, 0) is 37.5 Å². The Morgan fingerprint density at radius 2 is 1.23 bits per heavy atom. The van der Waals surface area contributed by atoms with Gasteiger partial charge in [0, 0.05) is 12.8 Å². The lowest BCUT2D eigenvalue weighted by Gasteiger charge is -2.20. The fourth-order valence-corrected chi connectivity index (χ4v) is 5.85. The summed E-state index contributed by atoms with van der Waals surface area (Å²) in [6, 6.07) is -1.56. The number of ether oxygens (including phenoxy) is 2. The first kappa shape index (κ1) is 56.3. The Morgan fingerprint density at radius 3 is 1.92 bits per heavy atom. The zero-order chi connectivity index (χ0) is 44.5. The van der Waals surface area contributed by atoms with Crippen molar-refractivity contribution in [3.63, 3.8) is 0 Å². The van der Waals surface area contributed by atoms with Gasteiger partial charge in [-0.25, -0.2) is 4.57 Å². The van der Waals surface area contributed by atoms with Gasteiger partial charge in [-0.3, -0.25) is 23.4 Å². The number of phosphoric acid groups is 1. The number of carboxylic acids is 1. The van der Waals surface area contributed by atoms with Crippen LogP contribution in [0.15, 0.2) is 97.2 Å². The van der Waals surface area contributed by atoms with E-state index in [0.717, 1.165) is 51.4 Å². The molecule has 0 aromatic rings. The number of carbonyl (C=O) groups excluding carboxylic acids is 2. The molecular weight excluding hydrogens is 789 g/mol. The molecule has 0 spiro atoms. The van der Waals surface area contributed by atoms with Crippen LogP contribution in [0.2, 0.25) is 0 Å². The Bertz CT molecular complexity index is 1420. The van der Waals surface area contributed by atoms with Crippen molar-refractivity contribution in [1.82, 2.24) is 0 Å². The molecule has 60 heavy (non-hydrogen) atoms. The van der Waals surface area contributed by atoms with Gasteiger partial charge in [-0.05, 0) is 70.6 Å². The average molecular weight is 864 g/mol. The summed E-state index contributed by atoms with van der Waals surface area (Å²) in [7, 11) is -4.78. The Balaban J connectivity index is 4.68. The maximum atomic E-state index is 12.6. The summed E-state index contributed by atoms with van der Waals surface area (Å²) in [4.78, 5) is 45.9. The number of nitrogens with two attached hydrogens (primary N) is 1. The number of aliphatic carboxylic acids is 1. The second kappa shape index (κ2) is 39.5. The largest absolute Gasteiger partial charge is 0.480 e. The first-order valence-corrected chi connectivity index (χ1v) is 23.0. The molecule has 1 unspecified atom stereocenters. The third-order valence-electron chi connectivity index (χ3n) is 8.49. The topological polar surface area (TPSA) is 212 Å². The highest BCUT2D eigenvalue weighted by atomic mass is 31.2. The summed E-state index contributed by atoms with van der Waals surface area (Å²) >= 11 is 0. The summed E-state index contributed by atoms with van der Waals surface area (Å²) in [6.45, 7) is 2.35. The van der Waals surface area contributed by atoms with Gasteiger partial charge in [-0.15, -0.1) is 0 Å². The smallest absolute Gasteiger partial charge is 0.472 e. The summed E-state index contributed by atoms with van der Waals surface area (Å²) in [6.07, 6.45) is 42.6. The molecular formula is C46H74NO12P. The molecule has 5 atom stereocenters. The molecule has 0 saturated heterocycles. The molecule has 0 amide bonds. The summed E-state index contributed by atoms with van der Waals surface area (Å²) in [5.74, 6) is -2.62. The number of phosphoric ester groups is 1. The van der Waals surface area contributed by atoms with E-state index in [4.69, 9.17) is 24.8 Å². The van der Waals surface area contributed by atoms with Crippen LogP contribution >= 0.6 is 7.82 Å². The minimum atomic E-state index is -4.78. The van der Waals surface area contributed by atoms with Crippen LogP contribution < -0.4 is 5.73 Å². The van der Waals surface area contributed by atoms with Crippen LogP contribution in [0.4, 0.5) is 0 Å². The normalized spacial score (nSPS) is 15.7. The highest BCUT2D eigenvalue weighted by Gasteiger charge is 2.28. The number of aliphatic hydroxyl groups is 2. The number of rotatable bonds is 38. The molecule has 0 aromatic heterocycles. The zero-order valence-corrected chi connectivity index (χ0v) is 36.9.